The number of aliphatic carboxylic acids is 1. The first-order chi connectivity index (χ1) is 8.58. The Hall–Kier alpha value is -1.88. The minimum Gasteiger partial charge on any atom is -0.480 e. The zero-order chi connectivity index (χ0) is 13.1. The molecular formula is C13H13NO3S. The number of hydrogen-bond donors (Lipinski definition) is 2. The van der Waals surface area contributed by atoms with Gasteiger partial charge in [-0.05, 0) is 22.6 Å². The Balaban J connectivity index is 2.21. The Labute approximate surface area is 109 Å². The van der Waals surface area contributed by atoms with Crippen LogP contribution in [0.3, 0.4) is 0 Å². The lowest BCUT2D eigenvalue weighted by Crippen LogP contribution is -2.41. The molecule has 0 bridgehead atoms. The highest BCUT2D eigenvalue weighted by atomic mass is 32.1. The molecule has 94 valence electrons. The van der Waals surface area contributed by atoms with E-state index in [0.717, 1.165) is 16.0 Å². The van der Waals surface area contributed by atoms with Gasteiger partial charge in [-0.3, -0.25) is 4.79 Å². The predicted octanol–water partition coefficient (Wildman–Crippen LogP) is 1.98. The second-order valence-electron chi connectivity index (χ2n) is 4.05. The van der Waals surface area contributed by atoms with Gasteiger partial charge in [0.15, 0.2) is 0 Å². The Morgan fingerprint density at radius 3 is 2.83 bits per heavy atom. The largest absolute Gasteiger partial charge is 0.480 e. The number of carbonyl (C=O) groups excluding carboxylic acids is 1. The standard InChI is InChI=1S/C13H13NO3S/c1-8(15)14-11(13(16)17)7-9-4-5-12-10(9)3-2-6-18-12/h2-6,11H,7H2,1H3,(H,14,15)(H,16,17). The van der Waals surface area contributed by atoms with E-state index in [4.69, 9.17) is 5.11 Å². The lowest BCUT2D eigenvalue weighted by Gasteiger charge is -2.13. The van der Waals surface area contributed by atoms with Crippen LogP contribution in [0.25, 0.3) is 10.4 Å². The van der Waals surface area contributed by atoms with Gasteiger partial charge in [0.2, 0.25) is 5.91 Å². The zero-order valence-corrected chi connectivity index (χ0v) is 10.7. The summed E-state index contributed by atoms with van der Waals surface area (Å²) in [5.41, 5.74) is 2.00. The molecule has 0 saturated heterocycles. The number of rotatable bonds is 4. The topological polar surface area (TPSA) is 66.4 Å². The Bertz CT molecular complexity index is 549. The second-order valence-corrected chi connectivity index (χ2v) is 4.99. The number of carboxylic acid groups (broad SMARTS) is 1. The molecule has 0 aromatic heterocycles. The molecule has 1 aliphatic carbocycles. The summed E-state index contributed by atoms with van der Waals surface area (Å²) in [7, 11) is 0. The molecule has 0 saturated carbocycles. The maximum Gasteiger partial charge on any atom is 0.326 e. The summed E-state index contributed by atoms with van der Waals surface area (Å²) in [6.07, 6.45) is 0.301. The first-order valence-electron chi connectivity index (χ1n) is 5.53. The van der Waals surface area contributed by atoms with E-state index in [9.17, 15) is 9.59 Å². The second kappa shape index (κ2) is 5.18. The highest BCUT2D eigenvalue weighted by Crippen LogP contribution is 2.31. The van der Waals surface area contributed by atoms with Gasteiger partial charge < -0.3 is 10.4 Å². The monoisotopic (exact) mass is 263 g/mol. The third kappa shape index (κ3) is 2.68. The normalized spacial score (nSPS) is 12.3. The fraction of sp³-hybridized carbons (Fsp3) is 0.231. The van der Waals surface area contributed by atoms with E-state index >= 15 is 0 Å². The molecular weight excluding hydrogens is 250 g/mol. The molecule has 1 aliphatic heterocycles. The molecule has 1 amide bonds. The van der Waals surface area contributed by atoms with Crippen LogP contribution in [0.15, 0.2) is 29.6 Å². The molecule has 2 rings (SSSR count). The number of amides is 1. The lowest BCUT2D eigenvalue weighted by atomic mass is 10.0. The molecule has 1 atom stereocenters. The van der Waals surface area contributed by atoms with Crippen molar-refractivity contribution in [3.63, 3.8) is 0 Å². The number of fused-ring (bicyclic) bond motifs is 1. The van der Waals surface area contributed by atoms with Crippen LogP contribution in [-0.4, -0.2) is 23.0 Å². The molecule has 0 spiro atoms. The predicted molar refractivity (Wildman–Crippen MR) is 69.9 cm³/mol. The molecule has 0 fully saturated rings. The van der Waals surface area contributed by atoms with E-state index in [0.29, 0.717) is 6.42 Å². The van der Waals surface area contributed by atoms with E-state index in [2.05, 4.69) is 5.32 Å². The van der Waals surface area contributed by atoms with Crippen LogP contribution in [0.1, 0.15) is 12.5 Å². The maximum atomic E-state index is 11.1. The molecule has 0 aromatic carbocycles. The first kappa shape index (κ1) is 12.6. The Morgan fingerprint density at radius 2 is 2.17 bits per heavy atom. The van der Waals surface area contributed by atoms with Gasteiger partial charge in [0.05, 0.1) is 0 Å². The number of carbonyl (C=O) groups is 2. The molecule has 0 radical (unpaired) electrons. The first-order valence-corrected chi connectivity index (χ1v) is 6.41. The van der Waals surface area contributed by atoms with Crippen LogP contribution in [0.4, 0.5) is 0 Å². The van der Waals surface area contributed by atoms with Gasteiger partial charge in [-0.15, -0.1) is 11.3 Å². The highest BCUT2D eigenvalue weighted by molar-refractivity contribution is 7.13. The average molecular weight is 263 g/mol. The molecule has 2 N–H and O–H groups in total. The maximum absolute atomic E-state index is 11.1. The fourth-order valence-electron chi connectivity index (χ4n) is 1.90. The van der Waals surface area contributed by atoms with Gasteiger partial charge in [-0.1, -0.05) is 18.2 Å². The van der Waals surface area contributed by atoms with Crippen molar-refractivity contribution in [2.75, 3.05) is 0 Å². The van der Waals surface area contributed by atoms with Gasteiger partial charge in [-0.25, -0.2) is 4.79 Å². The van der Waals surface area contributed by atoms with Crippen molar-refractivity contribution in [3.8, 4) is 10.4 Å². The highest BCUT2D eigenvalue weighted by Gasteiger charge is 2.21. The van der Waals surface area contributed by atoms with Crippen molar-refractivity contribution in [2.24, 2.45) is 0 Å². The fourth-order valence-corrected chi connectivity index (χ4v) is 2.67. The molecule has 4 nitrogen and oxygen atoms in total. The number of carboxylic acids is 1. The van der Waals surface area contributed by atoms with Crippen LogP contribution in [0.2, 0.25) is 0 Å². The van der Waals surface area contributed by atoms with Crippen LogP contribution in [0.5, 0.6) is 0 Å². The summed E-state index contributed by atoms with van der Waals surface area (Å²) >= 11 is 1.61. The van der Waals surface area contributed by atoms with Gasteiger partial charge in [0.25, 0.3) is 0 Å². The molecule has 1 heterocycles. The minimum absolute atomic E-state index is 0.301. The summed E-state index contributed by atoms with van der Waals surface area (Å²) in [5, 5.41) is 13.5. The van der Waals surface area contributed by atoms with Crippen LogP contribution in [0, 0.1) is 0 Å². The van der Waals surface area contributed by atoms with Crippen molar-refractivity contribution < 1.29 is 14.7 Å². The van der Waals surface area contributed by atoms with Crippen molar-refractivity contribution in [1.29, 1.82) is 0 Å². The van der Waals surface area contributed by atoms with Crippen LogP contribution >= 0.6 is 11.3 Å². The molecule has 0 aromatic rings. The van der Waals surface area contributed by atoms with E-state index in [1.165, 1.54) is 6.92 Å². The van der Waals surface area contributed by atoms with Gasteiger partial charge in [-0.2, -0.15) is 0 Å². The Kier molecular flexibility index (Phi) is 3.62. The van der Waals surface area contributed by atoms with E-state index in [-0.39, 0.29) is 5.91 Å². The van der Waals surface area contributed by atoms with Gasteiger partial charge in [0, 0.05) is 18.2 Å². The summed E-state index contributed by atoms with van der Waals surface area (Å²) in [4.78, 5) is 23.2. The van der Waals surface area contributed by atoms with Crippen LogP contribution in [-0.2, 0) is 16.0 Å². The minimum atomic E-state index is -1.01. The summed E-state index contributed by atoms with van der Waals surface area (Å²) < 4.78 is 0. The average Bonchev–Trinajstić information content (AvgIpc) is 2.71. The van der Waals surface area contributed by atoms with Crippen LogP contribution < -0.4 is 5.32 Å². The van der Waals surface area contributed by atoms with Crippen molar-refractivity contribution >= 4 is 23.2 Å². The summed E-state index contributed by atoms with van der Waals surface area (Å²) in [5.74, 6) is -1.35. The Morgan fingerprint density at radius 1 is 1.39 bits per heavy atom. The van der Waals surface area contributed by atoms with Crippen molar-refractivity contribution in [3.05, 3.63) is 35.2 Å². The third-order valence-electron chi connectivity index (χ3n) is 2.68. The molecule has 5 heteroatoms. The number of hydrogen-bond acceptors (Lipinski definition) is 3. The molecule has 18 heavy (non-hydrogen) atoms. The van der Waals surface area contributed by atoms with Crippen molar-refractivity contribution in [1.82, 2.24) is 5.32 Å². The van der Waals surface area contributed by atoms with E-state index in [1.807, 2.05) is 29.6 Å². The van der Waals surface area contributed by atoms with E-state index in [1.54, 1.807) is 11.3 Å². The third-order valence-corrected chi connectivity index (χ3v) is 3.59. The number of nitrogens with one attached hydrogen (secondary N) is 1. The SMILES string of the molecule is CC(=O)NC(Cc1ccc2scccc1-2)C(=O)O. The van der Waals surface area contributed by atoms with Gasteiger partial charge in [0.1, 0.15) is 6.04 Å². The lowest BCUT2D eigenvalue weighted by molar-refractivity contribution is -0.141. The van der Waals surface area contributed by atoms with Gasteiger partial charge >= 0.3 is 5.97 Å². The zero-order valence-electron chi connectivity index (χ0n) is 9.84. The summed E-state index contributed by atoms with van der Waals surface area (Å²) in [6.45, 7) is 1.32. The summed E-state index contributed by atoms with van der Waals surface area (Å²) in [6, 6.07) is 6.91. The smallest absolute Gasteiger partial charge is 0.326 e. The molecule has 2 aliphatic rings. The van der Waals surface area contributed by atoms with E-state index < -0.39 is 12.0 Å². The molecule has 1 unspecified atom stereocenters. The quantitative estimate of drug-likeness (QED) is 0.886. The van der Waals surface area contributed by atoms with Crippen molar-refractivity contribution in [2.45, 2.75) is 19.4 Å².